The molecule has 1 aliphatic carbocycles. The molecule has 2 N–H and O–H groups in total. The van der Waals surface area contributed by atoms with Gasteiger partial charge in [-0.1, -0.05) is 11.2 Å². The van der Waals surface area contributed by atoms with Crippen molar-refractivity contribution >= 4 is 17.8 Å². The molecule has 2 aliphatic rings. The van der Waals surface area contributed by atoms with Crippen LogP contribution in [0.4, 0.5) is 16.5 Å². The lowest BCUT2D eigenvalue weighted by molar-refractivity contribution is 0.0349. The van der Waals surface area contributed by atoms with Gasteiger partial charge in [0.25, 0.3) is 0 Å². The van der Waals surface area contributed by atoms with E-state index in [1.807, 2.05) is 18.7 Å². The second-order valence-corrected chi connectivity index (χ2v) is 9.70. The summed E-state index contributed by atoms with van der Waals surface area (Å²) in [5, 5.41) is 21.1. The van der Waals surface area contributed by atoms with Gasteiger partial charge in [0.15, 0.2) is 0 Å². The Labute approximate surface area is 195 Å². The maximum Gasteiger partial charge on any atom is 0.410 e. The van der Waals surface area contributed by atoms with Gasteiger partial charge in [-0.2, -0.15) is 0 Å². The Balaban J connectivity index is 1.41. The van der Waals surface area contributed by atoms with Crippen molar-refractivity contribution in [3.63, 3.8) is 0 Å². The number of benzene rings is 1. The highest BCUT2D eigenvalue weighted by molar-refractivity contribution is 5.68. The van der Waals surface area contributed by atoms with Crippen LogP contribution in [0.3, 0.4) is 0 Å². The smallest absolute Gasteiger partial charge is 0.410 e. The van der Waals surface area contributed by atoms with E-state index in [1.54, 1.807) is 0 Å². The Kier molecular flexibility index (Phi) is 6.90. The molecule has 33 heavy (non-hydrogen) atoms. The van der Waals surface area contributed by atoms with Gasteiger partial charge in [-0.25, -0.2) is 4.79 Å². The Morgan fingerprint density at radius 1 is 1.27 bits per heavy atom. The van der Waals surface area contributed by atoms with Crippen LogP contribution in [0.5, 0.6) is 0 Å². The average molecular weight is 458 g/mol. The average Bonchev–Trinajstić information content (AvgIpc) is 3.16. The first-order chi connectivity index (χ1) is 15.7. The monoisotopic (exact) mass is 457 g/mol. The number of ether oxygens (including phenoxy) is 1. The van der Waals surface area contributed by atoms with Gasteiger partial charge < -0.3 is 24.5 Å². The molecule has 1 aromatic heterocycles. The fourth-order valence-electron chi connectivity index (χ4n) is 4.54. The molecule has 0 spiro atoms. The number of aromatic nitrogens is 2. The Hall–Kier alpha value is -2.65. The van der Waals surface area contributed by atoms with E-state index in [1.165, 1.54) is 5.56 Å². The molecule has 1 aliphatic heterocycles. The number of amides is 1. The third kappa shape index (κ3) is 5.47. The number of nitrogens with zero attached hydrogens (tertiary/aromatic N) is 4. The minimum absolute atomic E-state index is 0.0922. The van der Waals surface area contributed by atoms with Gasteiger partial charge >= 0.3 is 12.1 Å². The predicted molar refractivity (Wildman–Crippen MR) is 125 cm³/mol. The van der Waals surface area contributed by atoms with Gasteiger partial charge in [-0.15, -0.1) is 5.10 Å². The number of carbonyl (C=O) groups is 1. The van der Waals surface area contributed by atoms with Gasteiger partial charge in [-0.05, 0) is 70.2 Å². The highest BCUT2D eigenvalue weighted by Crippen LogP contribution is 2.37. The van der Waals surface area contributed by atoms with Crippen molar-refractivity contribution in [1.29, 1.82) is 0 Å². The summed E-state index contributed by atoms with van der Waals surface area (Å²) >= 11 is 0. The van der Waals surface area contributed by atoms with Crippen molar-refractivity contribution in [2.24, 2.45) is 0 Å². The first kappa shape index (κ1) is 23.5. The van der Waals surface area contributed by atoms with Gasteiger partial charge in [-0.3, -0.25) is 4.90 Å². The molecule has 9 heteroatoms. The Morgan fingerprint density at radius 2 is 2.03 bits per heavy atom. The minimum atomic E-state index is -0.259. The van der Waals surface area contributed by atoms with Crippen molar-refractivity contribution in [3.8, 4) is 0 Å². The molecule has 180 valence electrons. The molecule has 4 rings (SSSR count). The SMILES string of the molecule is Cc1cc(CN2CCN(C(=O)OC(C)C)[C@@H](C)C2)c(C)c(Nc2nnc([C@H]3C[C@@H](O)C3)o2)c1. The van der Waals surface area contributed by atoms with Gasteiger partial charge in [0.2, 0.25) is 5.89 Å². The highest BCUT2D eigenvalue weighted by atomic mass is 16.6. The van der Waals surface area contributed by atoms with Crippen LogP contribution in [-0.2, 0) is 11.3 Å². The third-order valence-electron chi connectivity index (χ3n) is 6.48. The van der Waals surface area contributed by atoms with E-state index < -0.39 is 0 Å². The van der Waals surface area contributed by atoms with E-state index in [9.17, 15) is 9.90 Å². The summed E-state index contributed by atoms with van der Waals surface area (Å²) in [5.74, 6) is 0.729. The number of aryl methyl sites for hydroxylation is 1. The third-order valence-corrected chi connectivity index (χ3v) is 6.48. The van der Waals surface area contributed by atoms with Crippen LogP contribution in [0.2, 0.25) is 0 Å². The number of rotatable bonds is 6. The van der Waals surface area contributed by atoms with Crippen molar-refractivity contribution in [2.75, 3.05) is 25.0 Å². The van der Waals surface area contributed by atoms with E-state index in [0.717, 1.165) is 36.4 Å². The van der Waals surface area contributed by atoms with E-state index >= 15 is 0 Å². The number of carbonyl (C=O) groups excluding carboxylic acids is 1. The maximum atomic E-state index is 12.3. The standard InChI is InChI=1S/C24H35N5O4/c1-14(2)32-24(31)29-7-6-28(12-16(29)4)13-19-8-15(3)9-21(17(19)5)25-23-27-26-22(33-23)18-10-20(30)11-18/h8-9,14,16,18,20,30H,6-7,10-13H2,1-5H3,(H,25,27)/t16-,18-,20+/m0/s1. The zero-order valence-corrected chi connectivity index (χ0v) is 20.2. The van der Waals surface area contributed by atoms with Gasteiger partial charge in [0.1, 0.15) is 0 Å². The van der Waals surface area contributed by atoms with Gasteiger partial charge in [0, 0.05) is 43.8 Å². The lowest BCUT2D eigenvalue weighted by Crippen LogP contribution is -2.54. The van der Waals surface area contributed by atoms with Crippen LogP contribution in [0.15, 0.2) is 16.5 Å². The van der Waals surface area contributed by atoms with Crippen molar-refractivity contribution in [2.45, 2.75) is 78.2 Å². The van der Waals surface area contributed by atoms with E-state index in [-0.39, 0.29) is 30.3 Å². The summed E-state index contributed by atoms with van der Waals surface area (Å²) in [6.07, 6.45) is 0.751. The van der Waals surface area contributed by atoms with Crippen molar-refractivity contribution in [3.05, 3.63) is 34.7 Å². The second kappa shape index (κ2) is 9.69. The first-order valence-corrected chi connectivity index (χ1v) is 11.8. The van der Waals surface area contributed by atoms with Crippen molar-refractivity contribution < 1.29 is 19.1 Å². The topological polar surface area (TPSA) is 104 Å². The molecule has 1 saturated heterocycles. The maximum absolute atomic E-state index is 12.3. The molecule has 1 amide bonds. The number of hydrogen-bond donors (Lipinski definition) is 2. The molecule has 2 heterocycles. The molecule has 9 nitrogen and oxygen atoms in total. The van der Waals surface area contributed by atoms with E-state index in [2.05, 4.69) is 53.3 Å². The second-order valence-electron chi connectivity index (χ2n) is 9.70. The molecule has 2 aromatic rings. The summed E-state index contributed by atoms with van der Waals surface area (Å²) in [5.41, 5.74) is 4.45. The summed E-state index contributed by atoms with van der Waals surface area (Å²) < 4.78 is 11.2. The lowest BCUT2D eigenvalue weighted by atomic mass is 9.82. The molecule has 1 aromatic carbocycles. The lowest BCUT2D eigenvalue weighted by Gasteiger charge is -2.39. The van der Waals surface area contributed by atoms with Crippen LogP contribution in [0, 0.1) is 13.8 Å². The molecule has 1 saturated carbocycles. The van der Waals surface area contributed by atoms with E-state index in [0.29, 0.717) is 31.3 Å². The molecule has 1 atom stereocenters. The minimum Gasteiger partial charge on any atom is -0.447 e. The Morgan fingerprint density at radius 3 is 2.70 bits per heavy atom. The molecular formula is C24H35N5O4. The van der Waals surface area contributed by atoms with Crippen LogP contribution >= 0.6 is 0 Å². The molecule has 0 radical (unpaired) electrons. The van der Waals surface area contributed by atoms with Crippen LogP contribution in [-0.4, -0.2) is 69.1 Å². The number of anilines is 2. The zero-order valence-electron chi connectivity index (χ0n) is 20.2. The highest BCUT2D eigenvalue weighted by Gasteiger charge is 2.33. The van der Waals surface area contributed by atoms with Crippen LogP contribution < -0.4 is 5.32 Å². The summed E-state index contributed by atoms with van der Waals surface area (Å²) in [4.78, 5) is 16.5. The van der Waals surface area contributed by atoms with E-state index in [4.69, 9.17) is 9.15 Å². The Bertz CT molecular complexity index is 985. The van der Waals surface area contributed by atoms with Gasteiger partial charge in [0.05, 0.1) is 12.2 Å². The first-order valence-electron chi connectivity index (χ1n) is 11.8. The quantitative estimate of drug-likeness (QED) is 0.676. The fourth-order valence-corrected chi connectivity index (χ4v) is 4.54. The number of nitrogens with one attached hydrogen (secondary N) is 1. The number of aliphatic hydroxyl groups excluding tert-OH is 1. The normalized spacial score (nSPS) is 23.5. The summed E-state index contributed by atoms with van der Waals surface area (Å²) in [6, 6.07) is 4.75. The molecular weight excluding hydrogens is 422 g/mol. The summed E-state index contributed by atoms with van der Waals surface area (Å²) in [6.45, 7) is 13.0. The zero-order chi connectivity index (χ0) is 23.7. The summed E-state index contributed by atoms with van der Waals surface area (Å²) in [7, 11) is 0. The largest absolute Gasteiger partial charge is 0.447 e. The predicted octanol–water partition coefficient (Wildman–Crippen LogP) is 3.72. The number of hydrogen-bond acceptors (Lipinski definition) is 8. The number of aliphatic hydroxyl groups is 1. The van der Waals surface area contributed by atoms with Crippen molar-refractivity contribution in [1.82, 2.24) is 20.0 Å². The molecule has 0 bridgehead atoms. The molecule has 0 unspecified atom stereocenters. The van der Waals surface area contributed by atoms with Crippen LogP contribution in [0.25, 0.3) is 0 Å². The molecule has 2 fully saturated rings. The number of piperazine rings is 1. The fraction of sp³-hybridized carbons (Fsp3) is 0.625. The van der Waals surface area contributed by atoms with Crippen LogP contribution in [0.1, 0.15) is 62.1 Å².